The van der Waals surface area contributed by atoms with Crippen molar-refractivity contribution in [2.45, 2.75) is 13.0 Å². The molecule has 0 fully saturated rings. The van der Waals surface area contributed by atoms with Gasteiger partial charge in [0.2, 0.25) is 5.91 Å². The first kappa shape index (κ1) is 17.3. The van der Waals surface area contributed by atoms with Gasteiger partial charge in [-0.25, -0.2) is 0 Å². The number of aliphatic imine (C=N–C) groups is 1. The molecule has 25 heavy (non-hydrogen) atoms. The standard InChI is InChI=1S/C19H21ClN4O/c1-21-19(23-13-14-6-8-16(20)9-7-14)22-10-11-24-17-5-3-2-4-15(17)12-18(24)25/h2-9H,10-13H2,1H3,(H2,21,22,23). The predicted octanol–water partition coefficient (Wildman–Crippen LogP) is 2.59. The van der Waals surface area contributed by atoms with Crippen LogP contribution >= 0.6 is 11.6 Å². The molecule has 2 N–H and O–H groups in total. The first-order valence-corrected chi connectivity index (χ1v) is 8.62. The van der Waals surface area contributed by atoms with Crippen LogP contribution in [0, 0.1) is 0 Å². The normalized spacial score (nSPS) is 13.8. The molecule has 0 aliphatic carbocycles. The van der Waals surface area contributed by atoms with Crippen LogP contribution in [0.1, 0.15) is 11.1 Å². The van der Waals surface area contributed by atoms with Crippen LogP contribution < -0.4 is 15.5 Å². The Bertz CT molecular complexity index is 773. The summed E-state index contributed by atoms with van der Waals surface area (Å²) in [7, 11) is 1.73. The number of fused-ring (bicyclic) bond motifs is 1. The number of halogens is 1. The molecule has 0 spiro atoms. The molecule has 3 rings (SSSR count). The number of carbonyl (C=O) groups is 1. The van der Waals surface area contributed by atoms with Gasteiger partial charge in [0.1, 0.15) is 0 Å². The van der Waals surface area contributed by atoms with E-state index in [0.29, 0.717) is 32.0 Å². The van der Waals surface area contributed by atoms with Gasteiger partial charge in [-0.1, -0.05) is 41.9 Å². The Morgan fingerprint density at radius 2 is 1.92 bits per heavy atom. The molecule has 0 bridgehead atoms. The van der Waals surface area contributed by atoms with Gasteiger partial charge in [0.05, 0.1) is 6.42 Å². The van der Waals surface area contributed by atoms with Crippen LogP contribution in [0.4, 0.5) is 5.69 Å². The fraction of sp³-hybridized carbons (Fsp3) is 0.263. The first-order chi connectivity index (χ1) is 12.2. The zero-order valence-corrected chi connectivity index (χ0v) is 14.9. The average molecular weight is 357 g/mol. The van der Waals surface area contributed by atoms with Gasteiger partial charge in [0, 0.05) is 37.4 Å². The smallest absolute Gasteiger partial charge is 0.231 e. The number of hydrogen-bond acceptors (Lipinski definition) is 2. The van der Waals surface area contributed by atoms with Crippen molar-refractivity contribution >= 4 is 29.2 Å². The Hall–Kier alpha value is -2.53. The molecule has 0 saturated heterocycles. The van der Waals surface area contributed by atoms with Gasteiger partial charge in [-0.15, -0.1) is 0 Å². The van der Waals surface area contributed by atoms with E-state index >= 15 is 0 Å². The van der Waals surface area contributed by atoms with Crippen molar-refractivity contribution in [3.63, 3.8) is 0 Å². The van der Waals surface area contributed by atoms with Crippen molar-refractivity contribution in [1.82, 2.24) is 10.6 Å². The predicted molar refractivity (Wildman–Crippen MR) is 102 cm³/mol. The van der Waals surface area contributed by atoms with E-state index < -0.39 is 0 Å². The van der Waals surface area contributed by atoms with Crippen LogP contribution in [-0.4, -0.2) is 32.0 Å². The molecule has 0 saturated carbocycles. The third-order valence-corrected chi connectivity index (χ3v) is 4.40. The number of rotatable bonds is 5. The second-order valence-corrected chi connectivity index (χ2v) is 6.27. The maximum Gasteiger partial charge on any atom is 0.231 e. The lowest BCUT2D eigenvalue weighted by Gasteiger charge is -2.19. The average Bonchev–Trinajstić information content (AvgIpc) is 2.95. The number of para-hydroxylation sites is 1. The number of benzene rings is 2. The van der Waals surface area contributed by atoms with Crippen molar-refractivity contribution in [3.05, 3.63) is 64.7 Å². The number of guanidine groups is 1. The van der Waals surface area contributed by atoms with Crippen LogP contribution in [0.3, 0.4) is 0 Å². The third kappa shape index (κ3) is 4.31. The van der Waals surface area contributed by atoms with E-state index in [2.05, 4.69) is 15.6 Å². The van der Waals surface area contributed by atoms with Crippen LogP contribution in [0.15, 0.2) is 53.5 Å². The summed E-state index contributed by atoms with van der Waals surface area (Å²) in [5, 5.41) is 7.23. The fourth-order valence-corrected chi connectivity index (χ4v) is 2.98. The van der Waals surface area contributed by atoms with Gasteiger partial charge >= 0.3 is 0 Å². The number of amides is 1. The molecule has 1 heterocycles. The molecular formula is C19H21ClN4O. The highest BCUT2D eigenvalue weighted by molar-refractivity contribution is 6.30. The molecule has 1 amide bonds. The van der Waals surface area contributed by atoms with Crippen LogP contribution in [0.5, 0.6) is 0 Å². The molecule has 6 heteroatoms. The van der Waals surface area contributed by atoms with E-state index in [1.165, 1.54) is 0 Å². The lowest BCUT2D eigenvalue weighted by molar-refractivity contribution is -0.117. The highest BCUT2D eigenvalue weighted by atomic mass is 35.5. The SMILES string of the molecule is CN=C(NCCN1C(=O)Cc2ccccc21)NCc1ccc(Cl)cc1. The second kappa shape index (κ2) is 8.03. The van der Waals surface area contributed by atoms with E-state index in [4.69, 9.17) is 11.6 Å². The Morgan fingerprint density at radius 1 is 1.16 bits per heavy atom. The molecular weight excluding hydrogens is 336 g/mol. The van der Waals surface area contributed by atoms with Crippen molar-refractivity contribution in [2.75, 3.05) is 25.0 Å². The highest BCUT2D eigenvalue weighted by Gasteiger charge is 2.25. The minimum absolute atomic E-state index is 0.145. The highest BCUT2D eigenvalue weighted by Crippen LogP contribution is 2.27. The Balaban J connectivity index is 1.49. The Kier molecular flexibility index (Phi) is 5.56. The van der Waals surface area contributed by atoms with Gasteiger partial charge in [-0.3, -0.25) is 9.79 Å². The number of carbonyl (C=O) groups excluding carboxylic acids is 1. The van der Waals surface area contributed by atoms with Crippen molar-refractivity contribution in [1.29, 1.82) is 0 Å². The second-order valence-electron chi connectivity index (χ2n) is 5.83. The topological polar surface area (TPSA) is 56.7 Å². The summed E-state index contributed by atoms with van der Waals surface area (Å²) in [5.74, 6) is 0.849. The summed E-state index contributed by atoms with van der Waals surface area (Å²) in [5.41, 5.74) is 3.23. The lowest BCUT2D eigenvalue weighted by Crippen LogP contribution is -2.42. The summed E-state index contributed by atoms with van der Waals surface area (Å²) >= 11 is 5.89. The van der Waals surface area contributed by atoms with E-state index in [1.807, 2.05) is 53.4 Å². The molecule has 0 radical (unpaired) electrons. The molecule has 0 aromatic heterocycles. The molecule has 2 aromatic rings. The summed E-state index contributed by atoms with van der Waals surface area (Å²) in [6.45, 7) is 1.89. The molecule has 0 unspecified atom stereocenters. The van der Waals surface area contributed by atoms with E-state index in [1.54, 1.807) is 7.05 Å². The van der Waals surface area contributed by atoms with Crippen LogP contribution in [0.25, 0.3) is 0 Å². The largest absolute Gasteiger partial charge is 0.355 e. The number of nitrogens with zero attached hydrogens (tertiary/aromatic N) is 2. The van der Waals surface area contributed by atoms with Crippen molar-refractivity contribution < 1.29 is 4.79 Å². The summed E-state index contributed by atoms with van der Waals surface area (Å²) < 4.78 is 0. The molecule has 5 nitrogen and oxygen atoms in total. The van der Waals surface area contributed by atoms with Crippen LogP contribution in [0.2, 0.25) is 5.02 Å². The molecule has 130 valence electrons. The third-order valence-electron chi connectivity index (χ3n) is 4.15. The van der Waals surface area contributed by atoms with Crippen molar-refractivity contribution in [3.8, 4) is 0 Å². The maximum absolute atomic E-state index is 12.2. The molecule has 0 atom stereocenters. The van der Waals surface area contributed by atoms with Gasteiger partial charge in [0.15, 0.2) is 5.96 Å². The monoisotopic (exact) mass is 356 g/mol. The molecule has 1 aliphatic rings. The van der Waals surface area contributed by atoms with E-state index in [-0.39, 0.29) is 5.91 Å². The number of nitrogens with one attached hydrogen (secondary N) is 2. The Morgan fingerprint density at radius 3 is 2.68 bits per heavy atom. The summed E-state index contributed by atoms with van der Waals surface area (Å²) in [6, 6.07) is 15.6. The lowest BCUT2D eigenvalue weighted by atomic mass is 10.2. The van der Waals surface area contributed by atoms with Gasteiger partial charge in [0.25, 0.3) is 0 Å². The zero-order chi connectivity index (χ0) is 17.6. The van der Waals surface area contributed by atoms with E-state index in [0.717, 1.165) is 21.8 Å². The zero-order valence-electron chi connectivity index (χ0n) is 14.1. The number of anilines is 1. The molecule has 1 aliphatic heterocycles. The van der Waals surface area contributed by atoms with Gasteiger partial charge in [-0.05, 0) is 29.3 Å². The fourth-order valence-electron chi connectivity index (χ4n) is 2.86. The van der Waals surface area contributed by atoms with Gasteiger partial charge < -0.3 is 15.5 Å². The maximum atomic E-state index is 12.2. The minimum Gasteiger partial charge on any atom is -0.355 e. The summed E-state index contributed by atoms with van der Waals surface area (Å²) in [6.07, 6.45) is 0.486. The Labute approximate surface area is 152 Å². The quantitative estimate of drug-likeness (QED) is 0.639. The molecule has 2 aromatic carbocycles. The van der Waals surface area contributed by atoms with Crippen molar-refractivity contribution in [2.24, 2.45) is 4.99 Å². The number of hydrogen-bond donors (Lipinski definition) is 2. The van der Waals surface area contributed by atoms with E-state index in [9.17, 15) is 4.79 Å². The summed E-state index contributed by atoms with van der Waals surface area (Å²) in [4.78, 5) is 18.2. The van der Waals surface area contributed by atoms with Crippen LogP contribution in [-0.2, 0) is 17.8 Å². The first-order valence-electron chi connectivity index (χ1n) is 8.24. The minimum atomic E-state index is 0.145. The van der Waals surface area contributed by atoms with Gasteiger partial charge in [-0.2, -0.15) is 0 Å².